The summed E-state index contributed by atoms with van der Waals surface area (Å²) in [6, 6.07) is 12.2. The van der Waals surface area contributed by atoms with E-state index < -0.39 is 6.09 Å². The van der Waals surface area contributed by atoms with Gasteiger partial charge in [0.2, 0.25) is 11.2 Å². The fraction of sp³-hybridized carbons (Fsp3) is 0. The summed E-state index contributed by atoms with van der Waals surface area (Å²) in [6.07, 6.45) is 0.624. The van der Waals surface area contributed by atoms with Gasteiger partial charge >= 0.3 is 6.09 Å². The van der Waals surface area contributed by atoms with Crippen molar-refractivity contribution in [2.45, 2.75) is 0 Å². The summed E-state index contributed by atoms with van der Waals surface area (Å²) in [4.78, 5) is 18.7. The molecule has 0 spiro atoms. The molecule has 110 valence electrons. The maximum absolute atomic E-state index is 11.0. The summed E-state index contributed by atoms with van der Waals surface area (Å²) in [5.74, 6) is 1.21. The van der Waals surface area contributed by atoms with Crippen LogP contribution in [0.5, 0.6) is 17.4 Å². The normalized spacial score (nSPS) is 10.4. The number of fused-ring (bicyclic) bond motifs is 1. The van der Waals surface area contributed by atoms with E-state index in [1.54, 1.807) is 24.3 Å². The molecule has 0 saturated heterocycles. The van der Waals surface area contributed by atoms with E-state index in [2.05, 4.69) is 9.97 Å². The van der Waals surface area contributed by atoms with Crippen LogP contribution in [0.3, 0.4) is 0 Å². The third-order valence-electron chi connectivity index (χ3n) is 2.87. The highest BCUT2D eigenvalue weighted by Crippen LogP contribution is 2.35. The molecule has 2 aromatic carbocycles. The predicted molar refractivity (Wildman–Crippen MR) is 81.3 cm³/mol. The van der Waals surface area contributed by atoms with Crippen molar-refractivity contribution in [2.75, 3.05) is 0 Å². The van der Waals surface area contributed by atoms with Crippen LogP contribution in [0, 0.1) is 0 Å². The summed E-state index contributed by atoms with van der Waals surface area (Å²) in [5.41, 5.74) is 5.07. The van der Waals surface area contributed by atoms with Crippen LogP contribution in [-0.4, -0.2) is 16.1 Å². The van der Waals surface area contributed by atoms with Crippen molar-refractivity contribution in [3.05, 3.63) is 53.9 Å². The van der Waals surface area contributed by atoms with Gasteiger partial charge in [0.15, 0.2) is 0 Å². The van der Waals surface area contributed by atoms with Crippen molar-refractivity contribution < 1.29 is 14.3 Å². The van der Waals surface area contributed by atoms with Gasteiger partial charge in [-0.3, -0.25) is 0 Å². The number of benzene rings is 2. The zero-order valence-corrected chi connectivity index (χ0v) is 11.9. The van der Waals surface area contributed by atoms with Gasteiger partial charge in [-0.05, 0) is 23.7 Å². The van der Waals surface area contributed by atoms with Crippen LogP contribution in [0.1, 0.15) is 0 Å². The van der Waals surface area contributed by atoms with Crippen LogP contribution >= 0.6 is 11.6 Å². The topological polar surface area (TPSA) is 87.3 Å². The first-order chi connectivity index (χ1) is 10.6. The number of primary amides is 1. The third-order valence-corrected chi connectivity index (χ3v) is 3.05. The van der Waals surface area contributed by atoms with E-state index in [1.165, 1.54) is 6.20 Å². The summed E-state index contributed by atoms with van der Waals surface area (Å²) in [5, 5.41) is 1.53. The Balaban J connectivity index is 2.06. The number of amides is 1. The van der Waals surface area contributed by atoms with E-state index in [9.17, 15) is 4.79 Å². The van der Waals surface area contributed by atoms with Crippen LogP contribution in [0.2, 0.25) is 5.28 Å². The maximum atomic E-state index is 11.0. The average molecular weight is 316 g/mol. The molecule has 6 nitrogen and oxygen atoms in total. The minimum absolute atomic E-state index is 0.0930. The molecule has 0 atom stereocenters. The largest absolute Gasteiger partial charge is 0.438 e. The highest BCUT2D eigenvalue weighted by atomic mass is 35.5. The molecule has 0 aliphatic carbocycles. The van der Waals surface area contributed by atoms with E-state index in [4.69, 9.17) is 26.8 Å². The SMILES string of the molecule is NC(=O)Oc1ccc(Oc2ccnc(Cl)n2)c2ccccc12. The summed E-state index contributed by atoms with van der Waals surface area (Å²) < 4.78 is 10.7. The second-order valence-corrected chi connectivity index (χ2v) is 4.63. The van der Waals surface area contributed by atoms with Gasteiger partial charge in [0, 0.05) is 23.0 Å². The molecule has 0 unspecified atom stereocenters. The average Bonchev–Trinajstić information content (AvgIpc) is 2.49. The summed E-state index contributed by atoms with van der Waals surface area (Å²) in [7, 11) is 0. The Bertz CT molecular complexity index is 854. The number of rotatable bonds is 3. The molecule has 1 heterocycles. The summed E-state index contributed by atoms with van der Waals surface area (Å²) >= 11 is 5.74. The number of ether oxygens (including phenoxy) is 2. The molecule has 1 amide bonds. The molecular formula is C15H10ClN3O3. The highest BCUT2D eigenvalue weighted by molar-refractivity contribution is 6.28. The molecule has 3 rings (SSSR count). The number of aromatic nitrogens is 2. The van der Waals surface area contributed by atoms with Gasteiger partial charge in [-0.15, -0.1) is 0 Å². The van der Waals surface area contributed by atoms with Crippen molar-refractivity contribution in [3.8, 4) is 17.4 Å². The lowest BCUT2D eigenvalue weighted by molar-refractivity contribution is 0.211. The Labute approximate surface area is 130 Å². The quantitative estimate of drug-likeness (QED) is 0.747. The van der Waals surface area contributed by atoms with E-state index in [0.717, 1.165) is 5.39 Å². The lowest BCUT2D eigenvalue weighted by atomic mass is 10.1. The van der Waals surface area contributed by atoms with Gasteiger partial charge in [-0.25, -0.2) is 9.78 Å². The number of hydrogen-bond donors (Lipinski definition) is 1. The van der Waals surface area contributed by atoms with E-state index in [0.29, 0.717) is 22.8 Å². The zero-order chi connectivity index (χ0) is 15.5. The highest BCUT2D eigenvalue weighted by Gasteiger charge is 2.11. The number of nitrogens with zero attached hydrogens (tertiary/aromatic N) is 2. The van der Waals surface area contributed by atoms with Gasteiger partial charge in [-0.1, -0.05) is 24.3 Å². The Hall–Kier alpha value is -2.86. The van der Waals surface area contributed by atoms with Crippen LogP contribution in [0.4, 0.5) is 4.79 Å². The van der Waals surface area contributed by atoms with Gasteiger partial charge in [0.05, 0.1) is 0 Å². The molecule has 7 heteroatoms. The second kappa shape index (κ2) is 5.87. The Kier molecular flexibility index (Phi) is 3.76. The molecule has 0 radical (unpaired) electrons. The molecule has 2 N–H and O–H groups in total. The molecule has 0 aliphatic heterocycles. The lowest BCUT2D eigenvalue weighted by Gasteiger charge is -2.11. The summed E-state index contributed by atoms with van der Waals surface area (Å²) in [6.45, 7) is 0. The number of hydrogen-bond acceptors (Lipinski definition) is 5. The molecule has 1 aromatic heterocycles. The molecule has 0 aliphatic rings. The first kappa shape index (κ1) is 14.1. The minimum Gasteiger partial charge on any atom is -0.438 e. The van der Waals surface area contributed by atoms with Crippen molar-refractivity contribution in [1.82, 2.24) is 9.97 Å². The van der Waals surface area contributed by atoms with Gasteiger partial charge in [0.1, 0.15) is 11.5 Å². The Morgan fingerprint density at radius 3 is 2.41 bits per heavy atom. The number of halogens is 1. The predicted octanol–water partition coefficient (Wildman–Crippen LogP) is 3.53. The lowest BCUT2D eigenvalue weighted by Crippen LogP contribution is -2.16. The fourth-order valence-corrected chi connectivity index (χ4v) is 2.16. The van der Waals surface area contributed by atoms with Crippen LogP contribution in [-0.2, 0) is 0 Å². The number of nitrogens with two attached hydrogens (primary N) is 1. The Morgan fingerprint density at radius 1 is 1.05 bits per heavy atom. The van der Waals surface area contributed by atoms with Gasteiger partial charge in [0.25, 0.3) is 0 Å². The minimum atomic E-state index is -0.874. The molecule has 0 saturated carbocycles. The number of carbonyl (C=O) groups is 1. The molecule has 0 fully saturated rings. The van der Waals surface area contributed by atoms with Crippen molar-refractivity contribution in [1.29, 1.82) is 0 Å². The maximum Gasteiger partial charge on any atom is 0.409 e. The van der Waals surface area contributed by atoms with Crippen molar-refractivity contribution >= 4 is 28.5 Å². The fourth-order valence-electron chi connectivity index (χ4n) is 2.02. The smallest absolute Gasteiger partial charge is 0.409 e. The Morgan fingerprint density at radius 2 is 1.73 bits per heavy atom. The van der Waals surface area contributed by atoms with Crippen LogP contribution in [0.15, 0.2) is 48.7 Å². The van der Waals surface area contributed by atoms with Gasteiger partial charge in [-0.2, -0.15) is 4.98 Å². The van der Waals surface area contributed by atoms with E-state index in [1.807, 2.05) is 18.2 Å². The standard InChI is InChI=1S/C15H10ClN3O3/c16-14-18-8-7-13(19-14)21-11-5-6-12(22-15(17)20)10-4-2-1-3-9(10)11/h1-8H,(H2,17,20). The van der Waals surface area contributed by atoms with Crippen LogP contribution in [0.25, 0.3) is 10.8 Å². The van der Waals surface area contributed by atoms with Gasteiger partial charge < -0.3 is 15.2 Å². The van der Waals surface area contributed by atoms with E-state index >= 15 is 0 Å². The zero-order valence-electron chi connectivity index (χ0n) is 11.2. The second-order valence-electron chi connectivity index (χ2n) is 4.29. The molecular weight excluding hydrogens is 306 g/mol. The van der Waals surface area contributed by atoms with Crippen LogP contribution < -0.4 is 15.2 Å². The third kappa shape index (κ3) is 2.91. The first-order valence-corrected chi connectivity index (χ1v) is 6.67. The molecule has 3 aromatic rings. The molecule has 22 heavy (non-hydrogen) atoms. The van der Waals surface area contributed by atoms with Crippen molar-refractivity contribution in [3.63, 3.8) is 0 Å². The monoisotopic (exact) mass is 315 g/mol. The number of carbonyl (C=O) groups excluding carboxylic acids is 1. The first-order valence-electron chi connectivity index (χ1n) is 6.29. The molecule has 0 bridgehead atoms. The van der Waals surface area contributed by atoms with E-state index in [-0.39, 0.29) is 5.28 Å². The van der Waals surface area contributed by atoms with Crippen molar-refractivity contribution in [2.24, 2.45) is 5.73 Å².